The van der Waals surface area contributed by atoms with E-state index in [2.05, 4.69) is 72.6 Å². The molecule has 0 saturated carbocycles. The second-order valence-electron chi connectivity index (χ2n) is 9.13. The molecule has 6 nitrogen and oxygen atoms in total. The molecule has 6 heteroatoms. The average molecular weight is 418 g/mol. The smallest absolute Gasteiger partial charge is 0.163 e. The Labute approximate surface area is 183 Å². The average Bonchev–Trinajstić information content (AvgIpc) is 3.39. The van der Waals surface area contributed by atoms with Gasteiger partial charge in [-0.15, -0.1) is 10.2 Å². The molecule has 0 amide bonds. The molecule has 1 aliphatic heterocycles. The van der Waals surface area contributed by atoms with Gasteiger partial charge in [0.2, 0.25) is 0 Å². The summed E-state index contributed by atoms with van der Waals surface area (Å²) >= 11 is 0. The number of piperidine rings is 1. The number of benzene rings is 1. The van der Waals surface area contributed by atoms with E-state index in [0.29, 0.717) is 11.8 Å². The lowest BCUT2D eigenvalue weighted by atomic mass is 9.94. The monoisotopic (exact) mass is 417 g/mol. The Morgan fingerprint density at radius 3 is 2.74 bits per heavy atom. The van der Waals surface area contributed by atoms with Crippen LogP contribution >= 0.6 is 0 Å². The molecule has 1 aromatic carbocycles. The Hall–Kier alpha value is -2.86. The topological polar surface area (TPSA) is 67.2 Å². The molecule has 1 fully saturated rings. The summed E-state index contributed by atoms with van der Waals surface area (Å²) < 4.78 is 8.25. The highest BCUT2D eigenvalue weighted by molar-refractivity contribution is 5.93. The third-order valence-electron chi connectivity index (χ3n) is 6.74. The van der Waals surface area contributed by atoms with Crippen molar-refractivity contribution in [2.45, 2.75) is 46.5 Å². The maximum absolute atomic E-state index is 6.23. The van der Waals surface area contributed by atoms with Gasteiger partial charge in [-0.05, 0) is 86.5 Å². The fourth-order valence-corrected chi connectivity index (χ4v) is 4.82. The summed E-state index contributed by atoms with van der Waals surface area (Å²) in [6.45, 7) is 11.8. The van der Waals surface area contributed by atoms with E-state index in [9.17, 15) is 0 Å². The lowest BCUT2D eigenvalue weighted by molar-refractivity contribution is 0.215. The van der Waals surface area contributed by atoms with Crippen molar-refractivity contribution in [3.63, 3.8) is 0 Å². The van der Waals surface area contributed by atoms with E-state index < -0.39 is 0 Å². The number of aromatic amines is 1. The molecule has 0 unspecified atom stereocenters. The number of nitrogens with one attached hydrogen (secondary N) is 2. The molecule has 1 saturated heterocycles. The second kappa shape index (κ2) is 8.00. The molecule has 1 aliphatic rings. The largest absolute Gasteiger partial charge is 0.493 e. The fraction of sp³-hybridized carbons (Fsp3) is 0.440. The molecular weight excluding hydrogens is 386 g/mol. The number of hydrogen-bond donors (Lipinski definition) is 2. The maximum atomic E-state index is 6.23. The van der Waals surface area contributed by atoms with Gasteiger partial charge < -0.3 is 15.0 Å². The molecule has 4 heterocycles. The van der Waals surface area contributed by atoms with Gasteiger partial charge in [-0.1, -0.05) is 13.8 Å². The third-order valence-corrected chi connectivity index (χ3v) is 6.74. The van der Waals surface area contributed by atoms with Crippen LogP contribution in [0.1, 0.15) is 49.3 Å². The molecule has 31 heavy (non-hydrogen) atoms. The summed E-state index contributed by atoms with van der Waals surface area (Å²) in [4.78, 5) is 3.70. The van der Waals surface area contributed by atoms with Crippen LogP contribution in [0.4, 0.5) is 0 Å². The van der Waals surface area contributed by atoms with Crippen LogP contribution in [0, 0.1) is 19.8 Å². The Bertz CT molecular complexity index is 1230. The first-order valence-electron chi connectivity index (χ1n) is 11.3. The minimum Gasteiger partial charge on any atom is -0.493 e. The van der Waals surface area contributed by atoms with Gasteiger partial charge in [0.25, 0.3) is 0 Å². The predicted octanol–water partition coefficient (Wildman–Crippen LogP) is 5.00. The molecule has 4 aromatic rings. The first-order chi connectivity index (χ1) is 15.0. The molecule has 0 radical (unpaired) electrons. The minimum absolute atomic E-state index is 0.375. The normalized spacial score (nSPS) is 15.4. The lowest BCUT2D eigenvalue weighted by Gasteiger charge is -2.22. The number of rotatable bonds is 5. The quantitative estimate of drug-likeness (QED) is 0.480. The van der Waals surface area contributed by atoms with Gasteiger partial charge in [0, 0.05) is 22.7 Å². The van der Waals surface area contributed by atoms with Crippen LogP contribution in [0.3, 0.4) is 0 Å². The molecule has 162 valence electrons. The highest BCUT2D eigenvalue weighted by atomic mass is 16.5. The molecule has 5 rings (SSSR count). The number of nitrogens with zero attached hydrogens (tertiary/aromatic N) is 3. The summed E-state index contributed by atoms with van der Waals surface area (Å²) in [6.07, 6.45) is 6.30. The SMILES string of the molecule is Cc1c(-c2[nH]c3ccc(OCC4CCNCC4)cc3c2C(C)C)cn2cnnc2c1C. The van der Waals surface area contributed by atoms with E-state index in [-0.39, 0.29) is 0 Å². The van der Waals surface area contributed by atoms with E-state index in [1.54, 1.807) is 6.33 Å². The van der Waals surface area contributed by atoms with Crippen molar-refractivity contribution in [3.05, 3.63) is 47.4 Å². The summed E-state index contributed by atoms with van der Waals surface area (Å²) in [5, 5.41) is 13.0. The highest BCUT2D eigenvalue weighted by Crippen LogP contribution is 2.39. The van der Waals surface area contributed by atoms with Crippen LogP contribution in [-0.4, -0.2) is 39.3 Å². The van der Waals surface area contributed by atoms with E-state index in [1.165, 1.54) is 40.6 Å². The van der Waals surface area contributed by atoms with Crippen molar-refractivity contribution in [1.29, 1.82) is 0 Å². The fourth-order valence-electron chi connectivity index (χ4n) is 4.82. The zero-order valence-electron chi connectivity index (χ0n) is 18.8. The van der Waals surface area contributed by atoms with Gasteiger partial charge >= 0.3 is 0 Å². The Morgan fingerprint density at radius 1 is 1.16 bits per heavy atom. The number of pyridine rings is 1. The third kappa shape index (κ3) is 3.59. The van der Waals surface area contributed by atoms with Crippen LogP contribution in [0.25, 0.3) is 27.8 Å². The molecule has 0 bridgehead atoms. The second-order valence-corrected chi connectivity index (χ2v) is 9.13. The van der Waals surface area contributed by atoms with Crippen molar-refractivity contribution < 1.29 is 4.74 Å². The standard InChI is InChI=1S/C25H31N5O/c1-15(2)23-20-11-19(31-13-18-7-9-26-10-8-18)5-6-22(20)28-24(23)21-12-30-14-27-29-25(30)17(4)16(21)3/h5-6,11-12,14-15,18,26,28H,7-10,13H2,1-4H3. The molecule has 0 spiro atoms. The number of aryl methyl sites for hydroxylation is 1. The van der Waals surface area contributed by atoms with Crippen LogP contribution in [0.2, 0.25) is 0 Å². The predicted molar refractivity (Wildman–Crippen MR) is 125 cm³/mol. The summed E-state index contributed by atoms with van der Waals surface area (Å²) in [7, 11) is 0. The van der Waals surface area contributed by atoms with Crippen LogP contribution in [0.15, 0.2) is 30.7 Å². The zero-order chi connectivity index (χ0) is 21.5. The van der Waals surface area contributed by atoms with Gasteiger partial charge in [-0.3, -0.25) is 4.40 Å². The highest BCUT2D eigenvalue weighted by Gasteiger charge is 2.20. The van der Waals surface area contributed by atoms with Crippen LogP contribution in [-0.2, 0) is 0 Å². The van der Waals surface area contributed by atoms with Crippen molar-refractivity contribution in [2.75, 3.05) is 19.7 Å². The summed E-state index contributed by atoms with van der Waals surface area (Å²) in [6, 6.07) is 6.46. The van der Waals surface area contributed by atoms with Gasteiger partial charge in [-0.25, -0.2) is 0 Å². The van der Waals surface area contributed by atoms with Gasteiger partial charge in [-0.2, -0.15) is 0 Å². The van der Waals surface area contributed by atoms with Crippen molar-refractivity contribution >= 4 is 16.6 Å². The van der Waals surface area contributed by atoms with E-state index in [0.717, 1.165) is 42.2 Å². The molecule has 0 aliphatic carbocycles. The van der Waals surface area contributed by atoms with Gasteiger partial charge in [0.15, 0.2) is 5.65 Å². The maximum Gasteiger partial charge on any atom is 0.163 e. The van der Waals surface area contributed by atoms with Gasteiger partial charge in [0.05, 0.1) is 12.3 Å². The van der Waals surface area contributed by atoms with E-state index in [4.69, 9.17) is 4.74 Å². The Balaban J connectivity index is 1.56. The molecule has 0 atom stereocenters. The summed E-state index contributed by atoms with van der Waals surface area (Å²) in [5.74, 6) is 1.98. The minimum atomic E-state index is 0.375. The number of fused-ring (bicyclic) bond motifs is 2. The van der Waals surface area contributed by atoms with Crippen LogP contribution < -0.4 is 10.1 Å². The first-order valence-corrected chi connectivity index (χ1v) is 11.3. The van der Waals surface area contributed by atoms with Crippen molar-refractivity contribution in [2.24, 2.45) is 5.92 Å². The lowest BCUT2D eigenvalue weighted by Crippen LogP contribution is -2.30. The first kappa shape index (κ1) is 20.1. The number of hydrogen-bond acceptors (Lipinski definition) is 4. The number of aromatic nitrogens is 4. The van der Waals surface area contributed by atoms with E-state index in [1.807, 2.05) is 4.40 Å². The van der Waals surface area contributed by atoms with E-state index >= 15 is 0 Å². The van der Waals surface area contributed by atoms with Gasteiger partial charge in [0.1, 0.15) is 12.1 Å². The molecule has 2 N–H and O–H groups in total. The molecular formula is C25H31N5O. The molecule has 3 aromatic heterocycles. The number of H-pyrrole nitrogens is 1. The van der Waals surface area contributed by atoms with Crippen LogP contribution in [0.5, 0.6) is 5.75 Å². The zero-order valence-corrected chi connectivity index (χ0v) is 18.8. The Kier molecular flexibility index (Phi) is 5.18. The number of ether oxygens (including phenoxy) is 1. The summed E-state index contributed by atoms with van der Waals surface area (Å²) in [5.41, 5.74) is 8.16. The van der Waals surface area contributed by atoms with Crippen molar-refractivity contribution in [3.8, 4) is 17.0 Å². The Morgan fingerprint density at radius 2 is 1.97 bits per heavy atom. The van der Waals surface area contributed by atoms with Crippen molar-refractivity contribution in [1.82, 2.24) is 24.9 Å².